The fourth-order valence-corrected chi connectivity index (χ4v) is 1.49. The Balaban J connectivity index is 0.000000200. The molecule has 0 amide bonds. The van der Waals surface area contributed by atoms with Gasteiger partial charge in [0, 0.05) is 5.56 Å². The van der Waals surface area contributed by atoms with E-state index < -0.39 is 5.82 Å². The molecule has 0 fully saturated rings. The summed E-state index contributed by atoms with van der Waals surface area (Å²) in [6.45, 7) is 3.58. The van der Waals surface area contributed by atoms with Gasteiger partial charge in [-0.1, -0.05) is 17.7 Å². The van der Waals surface area contributed by atoms with Crippen molar-refractivity contribution in [3.63, 3.8) is 0 Å². The van der Waals surface area contributed by atoms with Crippen LogP contribution in [0.3, 0.4) is 0 Å². The summed E-state index contributed by atoms with van der Waals surface area (Å²) in [7, 11) is 0. The fourth-order valence-electron chi connectivity index (χ4n) is 1.49. The number of aryl methyl sites for hydroxylation is 2. The summed E-state index contributed by atoms with van der Waals surface area (Å²) < 4.78 is 24.9. The Morgan fingerprint density at radius 1 is 0.850 bits per heavy atom. The molecule has 0 unspecified atom stereocenters. The van der Waals surface area contributed by atoms with E-state index in [1.165, 1.54) is 24.3 Å². The Bertz CT molecular complexity index is 566. The molecule has 2 aromatic carbocycles. The number of carbonyl (C=O) groups is 2. The first-order valence-electron chi connectivity index (χ1n) is 5.90. The Kier molecular flexibility index (Phi) is 5.72. The molecule has 2 nitrogen and oxygen atoms in total. The van der Waals surface area contributed by atoms with Crippen LogP contribution in [0.15, 0.2) is 36.4 Å². The van der Waals surface area contributed by atoms with Crippen molar-refractivity contribution in [3.05, 3.63) is 70.3 Å². The lowest BCUT2D eigenvalue weighted by molar-refractivity contribution is 0.111. The van der Waals surface area contributed by atoms with Crippen molar-refractivity contribution in [1.82, 2.24) is 0 Å². The van der Waals surface area contributed by atoms with Gasteiger partial charge in [0.2, 0.25) is 0 Å². The molecule has 0 bridgehead atoms. The van der Waals surface area contributed by atoms with Gasteiger partial charge in [-0.25, -0.2) is 8.78 Å². The molecule has 0 radical (unpaired) electrons. The van der Waals surface area contributed by atoms with Gasteiger partial charge in [0.1, 0.15) is 17.9 Å². The standard InChI is InChI=1S/2C8H7FO/c1-6-2-3-8(9)4-7(6)5-10;1-6-2-3-8(9)7(4-6)5-10/h2*2-5H,1H3. The van der Waals surface area contributed by atoms with Crippen LogP contribution in [0, 0.1) is 25.5 Å². The second-order valence-corrected chi connectivity index (χ2v) is 4.26. The third-order valence-corrected chi connectivity index (χ3v) is 2.65. The number of rotatable bonds is 2. The monoisotopic (exact) mass is 276 g/mol. The van der Waals surface area contributed by atoms with Gasteiger partial charge in [-0.05, 0) is 43.7 Å². The lowest BCUT2D eigenvalue weighted by Crippen LogP contribution is -1.86. The minimum atomic E-state index is -0.458. The van der Waals surface area contributed by atoms with Gasteiger partial charge >= 0.3 is 0 Å². The highest BCUT2D eigenvalue weighted by molar-refractivity contribution is 5.77. The average Bonchev–Trinajstić information content (AvgIpc) is 2.44. The number of halogens is 2. The van der Waals surface area contributed by atoms with Crippen LogP contribution in [-0.2, 0) is 0 Å². The molecule has 0 aromatic heterocycles. The Morgan fingerprint density at radius 3 is 2.00 bits per heavy atom. The van der Waals surface area contributed by atoms with Crippen LogP contribution in [0.4, 0.5) is 8.78 Å². The first-order valence-corrected chi connectivity index (χ1v) is 5.90. The first kappa shape index (κ1) is 15.7. The second-order valence-electron chi connectivity index (χ2n) is 4.26. The quantitative estimate of drug-likeness (QED) is 0.780. The summed E-state index contributed by atoms with van der Waals surface area (Å²) in [5.41, 5.74) is 2.24. The Morgan fingerprint density at radius 2 is 1.50 bits per heavy atom. The molecule has 0 spiro atoms. The Labute approximate surface area is 116 Å². The van der Waals surface area contributed by atoms with Crippen molar-refractivity contribution in [1.29, 1.82) is 0 Å². The zero-order chi connectivity index (χ0) is 15.1. The molecule has 0 saturated carbocycles. The van der Waals surface area contributed by atoms with Crippen molar-refractivity contribution >= 4 is 12.6 Å². The molecule has 4 heteroatoms. The summed E-state index contributed by atoms with van der Waals surface area (Å²) in [5, 5.41) is 0. The number of aldehydes is 2. The highest BCUT2D eigenvalue weighted by Crippen LogP contribution is 2.07. The van der Waals surface area contributed by atoms with E-state index in [2.05, 4.69) is 0 Å². The van der Waals surface area contributed by atoms with Gasteiger partial charge in [0.05, 0.1) is 5.56 Å². The molecule has 0 aliphatic carbocycles. The maximum absolute atomic E-state index is 12.5. The summed E-state index contributed by atoms with van der Waals surface area (Å²) in [5.74, 6) is -0.826. The highest BCUT2D eigenvalue weighted by atomic mass is 19.1. The zero-order valence-corrected chi connectivity index (χ0v) is 11.2. The molecule has 0 heterocycles. The van der Waals surface area contributed by atoms with Crippen molar-refractivity contribution < 1.29 is 18.4 Å². The predicted octanol–water partition coefficient (Wildman–Crippen LogP) is 3.89. The van der Waals surface area contributed by atoms with Gasteiger partial charge in [-0.15, -0.1) is 0 Å². The summed E-state index contributed by atoms with van der Waals surface area (Å²) in [4.78, 5) is 20.4. The normalized spacial score (nSPS) is 9.40. The molecule has 2 rings (SSSR count). The van der Waals surface area contributed by atoms with Gasteiger partial charge < -0.3 is 0 Å². The zero-order valence-electron chi connectivity index (χ0n) is 11.2. The number of carbonyl (C=O) groups excluding carboxylic acids is 2. The Hall–Kier alpha value is -2.36. The van der Waals surface area contributed by atoms with Crippen LogP contribution >= 0.6 is 0 Å². The molecule has 0 atom stereocenters. The van der Waals surface area contributed by atoms with E-state index in [1.54, 1.807) is 19.1 Å². The summed E-state index contributed by atoms with van der Waals surface area (Å²) >= 11 is 0. The van der Waals surface area contributed by atoms with Crippen molar-refractivity contribution in [2.75, 3.05) is 0 Å². The fraction of sp³-hybridized carbons (Fsp3) is 0.125. The molecule has 104 valence electrons. The smallest absolute Gasteiger partial charge is 0.153 e. The topological polar surface area (TPSA) is 34.1 Å². The highest BCUT2D eigenvalue weighted by Gasteiger charge is 1.98. The number of hydrogen-bond donors (Lipinski definition) is 0. The van der Waals surface area contributed by atoms with E-state index in [4.69, 9.17) is 0 Å². The van der Waals surface area contributed by atoms with Crippen molar-refractivity contribution in [2.45, 2.75) is 13.8 Å². The molecule has 0 saturated heterocycles. The van der Waals surface area contributed by atoms with Gasteiger partial charge in [-0.3, -0.25) is 9.59 Å². The van der Waals surface area contributed by atoms with E-state index in [1.807, 2.05) is 6.92 Å². The van der Waals surface area contributed by atoms with E-state index in [-0.39, 0.29) is 11.4 Å². The van der Waals surface area contributed by atoms with E-state index in [9.17, 15) is 18.4 Å². The first-order chi connectivity index (χ1) is 9.47. The third kappa shape index (κ3) is 4.39. The average molecular weight is 276 g/mol. The molecule has 0 N–H and O–H groups in total. The SMILES string of the molecule is Cc1ccc(F)c(C=O)c1.Cc1ccc(F)cc1C=O. The van der Waals surface area contributed by atoms with Crippen molar-refractivity contribution in [2.24, 2.45) is 0 Å². The summed E-state index contributed by atoms with van der Waals surface area (Å²) in [6, 6.07) is 8.58. The number of hydrogen-bond acceptors (Lipinski definition) is 2. The maximum Gasteiger partial charge on any atom is 0.153 e. The third-order valence-electron chi connectivity index (χ3n) is 2.65. The maximum atomic E-state index is 12.5. The van der Waals surface area contributed by atoms with Crippen LogP contribution in [-0.4, -0.2) is 12.6 Å². The second kappa shape index (κ2) is 7.28. The van der Waals surface area contributed by atoms with E-state index in [0.29, 0.717) is 18.1 Å². The molecular formula is C16H14F2O2. The molecule has 2 aromatic rings. The van der Waals surface area contributed by atoms with Crippen LogP contribution in [0.25, 0.3) is 0 Å². The molecule has 0 aliphatic rings. The van der Waals surface area contributed by atoms with E-state index in [0.717, 1.165) is 11.1 Å². The molecule has 20 heavy (non-hydrogen) atoms. The van der Waals surface area contributed by atoms with Gasteiger partial charge in [0.25, 0.3) is 0 Å². The van der Waals surface area contributed by atoms with Gasteiger partial charge in [-0.2, -0.15) is 0 Å². The van der Waals surface area contributed by atoms with Crippen LogP contribution < -0.4 is 0 Å². The lowest BCUT2D eigenvalue weighted by Gasteiger charge is -1.95. The summed E-state index contributed by atoms with van der Waals surface area (Å²) in [6.07, 6.45) is 1.17. The largest absolute Gasteiger partial charge is 0.298 e. The molecular weight excluding hydrogens is 262 g/mol. The number of benzene rings is 2. The van der Waals surface area contributed by atoms with Crippen LogP contribution in [0.2, 0.25) is 0 Å². The van der Waals surface area contributed by atoms with Gasteiger partial charge in [0.15, 0.2) is 6.29 Å². The van der Waals surface area contributed by atoms with Crippen molar-refractivity contribution in [3.8, 4) is 0 Å². The van der Waals surface area contributed by atoms with Crippen LogP contribution in [0.1, 0.15) is 31.8 Å². The predicted molar refractivity (Wildman–Crippen MR) is 73.0 cm³/mol. The van der Waals surface area contributed by atoms with E-state index >= 15 is 0 Å². The minimum Gasteiger partial charge on any atom is -0.298 e. The minimum absolute atomic E-state index is 0.125. The molecule has 0 aliphatic heterocycles. The van der Waals surface area contributed by atoms with Crippen LogP contribution in [0.5, 0.6) is 0 Å². The lowest BCUT2D eigenvalue weighted by atomic mass is 10.1.